The van der Waals surface area contributed by atoms with Crippen LogP contribution in [0.4, 0.5) is 5.69 Å². The first-order valence-corrected chi connectivity index (χ1v) is 13.3. The van der Waals surface area contributed by atoms with Crippen LogP contribution in [-0.2, 0) is 9.59 Å². The van der Waals surface area contributed by atoms with Crippen molar-refractivity contribution in [1.29, 1.82) is 0 Å². The number of dihydropyridines is 1. The van der Waals surface area contributed by atoms with Crippen LogP contribution in [0.2, 0.25) is 0 Å². The molecule has 0 radical (unpaired) electrons. The van der Waals surface area contributed by atoms with E-state index in [0.717, 1.165) is 28.1 Å². The molecule has 0 fully saturated rings. The molecule has 0 bridgehead atoms. The third-order valence-corrected chi connectivity index (χ3v) is 7.72. The topological polar surface area (TPSA) is 85.9 Å². The second-order valence-corrected chi connectivity index (χ2v) is 10.2. The van der Waals surface area contributed by atoms with Gasteiger partial charge in [-0.1, -0.05) is 48.0 Å². The molecule has 2 N–H and O–H groups in total. The third-order valence-electron chi connectivity index (χ3n) is 7.72. The lowest BCUT2D eigenvalue weighted by atomic mass is 9.71. The van der Waals surface area contributed by atoms with E-state index in [1.807, 2.05) is 68.4 Å². The molecule has 0 saturated heterocycles. The first kappa shape index (κ1) is 27.1. The van der Waals surface area contributed by atoms with Crippen LogP contribution in [0, 0.1) is 6.92 Å². The van der Waals surface area contributed by atoms with Crippen LogP contribution < -0.4 is 24.8 Å². The van der Waals surface area contributed by atoms with Gasteiger partial charge in [0.2, 0.25) is 0 Å². The van der Waals surface area contributed by atoms with Crippen molar-refractivity contribution in [3.05, 3.63) is 106 Å². The lowest BCUT2D eigenvalue weighted by molar-refractivity contribution is -0.116. The number of rotatable bonds is 7. The summed E-state index contributed by atoms with van der Waals surface area (Å²) in [6.45, 7) is 3.92. The normalized spacial score (nSPS) is 18.6. The van der Waals surface area contributed by atoms with Gasteiger partial charge in [0.1, 0.15) is 5.75 Å². The van der Waals surface area contributed by atoms with Crippen molar-refractivity contribution in [1.82, 2.24) is 5.32 Å². The van der Waals surface area contributed by atoms with E-state index in [9.17, 15) is 9.59 Å². The van der Waals surface area contributed by atoms with Gasteiger partial charge in [-0.05, 0) is 61.6 Å². The zero-order valence-electron chi connectivity index (χ0n) is 23.5. The van der Waals surface area contributed by atoms with Crippen molar-refractivity contribution in [2.24, 2.45) is 0 Å². The van der Waals surface area contributed by atoms with E-state index in [1.165, 1.54) is 0 Å². The van der Waals surface area contributed by atoms with Crippen LogP contribution in [-0.4, -0.2) is 33.0 Å². The summed E-state index contributed by atoms with van der Waals surface area (Å²) in [5, 5.41) is 6.47. The number of ether oxygens (including phenoxy) is 3. The van der Waals surface area contributed by atoms with Crippen molar-refractivity contribution < 1.29 is 23.8 Å². The van der Waals surface area contributed by atoms with Gasteiger partial charge in [0.15, 0.2) is 17.3 Å². The minimum absolute atomic E-state index is 0.0224. The fraction of sp³-hybridized carbons (Fsp3) is 0.273. The van der Waals surface area contributed by atoms with E-state index < -0.39 is 5.92 Å². The van der Waals surface area contributed by atoms with Crippen molar-refractivity contribution in [2.45, 2.75) is 38.5 Å². The van der Waals surface area contributed by atoms with Gasteiger partial charge in [-0.25, -0.2) is 0 Å². The molecule has 1 heterocycles. The highest BCUT2D eigenvalue weighted by Crippen LogP contribution is 2.46. The molecule has 7 nitrogen and oxygen atoms in total. The number of nitrogens with one attached hydrogen (secondary N) is 2. The number of hydrogen-bond donors (Lipinski definition) is 2. The van der Waals surface area contributed by atoms with Crippen LogP contribution in [0.1, 0.15) is 48.3 Å². The Morgan fingerprint density at radius 2 is 1.50 bits per heavy atom. The molecule has 0 aromatic heterocycles. The summed E-state index contributed by atoms with van der Waals surface area (Å²) in [6, 6.07) is 21.1. The standard InChI is InChI=1S/C33H34N2O5/c1-19-10-12-21(13-11-19)31-30(33(37)35-24-8-6-7-9-27(24)38-3)20(2)34-25-16-23(17-26(36)32(25)31)22-14-15-28(39-4)29(18-22)40-5/h6-15,18,23,31,34H,16-17H2,1-5H3,(H,35,37)/t23-,31-/m1/s1. The number of hydrogen-bond acceptors (Lipinski definition) is 6. The number of amides is 1. The van der Waals surface area contributed by atoms with E-state index in [0.29, 0.717) is 46.9 Å². The van der Waals surface area contributed by atoms with Gasteiger partial charge in [0.05, 0.1) is 27.0 Å². The number of ketones is 1. The number of methoxy groups -OCH3 is 3. The van der Waals surface area contributed by atoms with Gasteiger partial charge in [0.25, 0.3) is 5.91 Å². The van der Waals surface area contributed by atoms with Crippen LogP contribution in [0.15, 0.2) is 89.3 Å². The molecule has 3 aromatic rings. The first-order chi connectivity index (χ1) is 19.3. The Bertz CT molecular complexity index is 1520. The second kappa shape index (κ2) is 11.3. The number of allylic oxidation sites excluding steroid dienone is 3. The Balaban J connectivity index is 1.54. The van der Waals surface area contributed by atoms with Crippen LogP contribution >= 0.6 is 0 Å². The highest BCUT2D eigenvalue weighted by Gasteiger charge is 2.41. The van der Waals surface area contributed by atoms with Gasteiger partial charge in [-0.15, -0.1) is 0 Å². The average molecular weight is 539 g/mol. The summed E-state index contributed by atoms with van der Waals surface area (Å²) in [6.07, 6.45) is 0.969. The average Bonchev–Trinajstić information content (AvgIpc) is 2.96. The van der Waals surface area contributed by atoms with E-state index >= 15 is 0 Å². The summed E-state index contributed by atoms with van der Waals surface area (Å²) < 4.78 is 16.4. The Hall–Kier alpha value is -4.52. The molecule has 40 heavy (non-hydrogen) atoms. The number of carbonyl (C=O) groups is 2. The molecule has 0 saturated carbocycles. The first-order valence-electron chi connectivity index (χ1n) is 13.3. The van der Waals surface area contributed by atoms with E-state index in [1.54, 1.807) is 33.5 Å². The van der Waals surface area contributed by atoms with Crippen LogP contribution in [0.5, 0.6) is 17.2 Å². The fourth-order valence-electron chi connectivity index (χ4n) is 5.71. The maximum atomic E-state index is 13.9. The predicted octanol–water partition coefficient (Wildman–Crippen LogP) is 6.02. The number of Topliss-reactive ketones (excluding diaryl/α,β-unsaturated/α-hetero) is 1. The Morgan fingerprint density at radius 3 is 2.20 bits per heavy atom. The fourth-order valence-corrected chi connectivity index (χ4v) is 5.71. The monoisotopic (exact) mass is 538 g/mol. The maximum Gasteiger partial charge on any atom is 0.254 e. The molecular formula is C33H34N2O5. The maximum absolute atomic E-state index is 13.9. The lowest BCUT2D eigenvalue weighted by Crippen LogP contribution is -2.37. The molecule has 5 rings (SSSR count). The van der Waals surface area contributed by atoms with Gasteiger partial charge < -0.3 is 24.8 Å². The molecule has 7 heteroatoms. The predicted molar refractivity (Wildman–Crippen MR) is 155 cm³/mol. The molecule has 3 aromatic carbocycles. The van der Waals surface area contributed by atoms with Crippen molar-refractivity contribution in [3.8, 4) is 17.2 Å². The molecule has 1 amide bonds. The summed E-state index contributed by atoms with van der Waals surface area (Å²) in [5.74, 6) is 1.06. The number of carbonyl (C=O) groups excluding carboxylic acids is 2. The second-order valence-electron chi connectivity index (χ2n) is 10.2. The number of anilines is 1. The molecule has 0 unspecified atom stereocenters. The van der Waals surface area contributed by atoms with Gasteiger partial charge in [-0.3, -0.25) is 9.59 Å². The zero-order valence-corrected chi connectivity index (χ0v) is 23.5. The SMILES string of the molecule is COc1ccccc1NC(=O)C1=C(C)NC2=C(C(=O)C[C@H](c3ccc(OC)c(OC)c3)C2)[C@@H]1c1ccc(C)cc1. The van der Waals surface area contributed by atoms with Crippen molar-refractivity contribution >= 4 is 17.4 Å². The summed E-state index contributed by atoms with van der Waals surface area (Å²) >= 11 is 0. The number of para-hydroxylation sites is 2. The highest BCUT2D eigenvalue weighted by atomic mass is 16.5. The molecule has 1 aliphatic heterocycles. The quantitative estimate of drug-likeness (QED) is 0.383. The van der Waals surface area contributed by atoms with Gasteiger partial charge >= 0.3 is 0 Å². The minimum atomic E-state index is -0.495. The van der Waals surface area contributed by atoms with Crippen LogP contribution in [0.3, 0.4) is 0 Å². The lowest BCUT2D eigenvalue weighted by Gasteiger charge is -2.37. The number of aryl methyl sites for hydroxylation is 1. The van der Waals surface area contributed by atoms with E-state index in [-0.39, 0.29) is 17.6 Å². The summed E-state index contributed by atoms with van der Waals surface area (Å²) in [4.78, 5) is 27.8. The largest absolute Gasteiger partial charge is 0.495 e. The summed E-state index contributed by atoms with van der Waals surface area (Å²) in [7, 11) is 4.78. The van der Waals surface area contributed by atoms with Crippen molar-refractivity contribution in [2.75, 3.05) is 26.6 Å². The molecule has 1 aliphatic carbocycles. The summed E-state index contributed by atoms with van der Waals surface area (Å²) in [5.41, 5.74) is 6.33. The highest BCUT2D eigenvalue weighted by molar-refractivity contribution is 6.10. The van der Waals surface area contributed by atoms with Crippen molar-refractivity contribution in [3.63, 3.8) is 0 Å². The van der Waals surface area contributed by atoms with Gasteiger partial charge in [0, 0.05) is 34.9 Å². The third kappa shape index (κ3) is 5.07. The Morgan fingerprint density at radius 1 is 0.825 bits per heavy atom. The van der Waals surface area contributed by atoms with E-state index in [4.69, 9.17) is 14.2 Å². The molecule has 0 spiro atoms. The Kier molecular flexibility index (Phi) is 7.65. The Labute approximate surface area is 234 Å². The molecular weight excluding hydrogens is 504 g/mol. The smallest absolute Gasteiger partial charge is 0.254 e. The molecule has 2 aliphatic rings. The molecule has 2 atom stereocenters. The van der Waals surface area contributed by atoms with Crippen LogP contribution in [0.25, 0.3) is 0 Å². The zero-order chi connectivity index (χ0) is 28.4. The minimum Gasteiger partial charge on any atom is -0.495 e. The molecule has 206 valence electrons. The van der Waals surface area contributed by atoms with E-state index in [2.05, 4.69) is 10.6 Å². The van der Waals surface area contributed by atoms with Gasteiger partial charge in [-0.2, -0.15) is 0 Å². The number of benzene rings is 3.